The summed E-state index contributed by atoms with van der Waals surface area (Å²) in [6.45, 7) is 9.33. The van der Waals surface area contributed by atoms with Crippen LogP contribution in [0.1, 0.15) is 66.7 Å². The van der Waals surface area contributed by atoms with E-state index in [-0.39, 0.29) is 42.0 Å². The Morgan fingerprint density at radius 2 is 1.66 bits per heavy atom. The first-order valence-corrected chi connectivity index (χ1v) is 12.6. The molecule has 0 aromatic carbocycles. The molecular formula is C27H46O8. The standard InChI is InChI=1S/C27H46O8/c1-16(2)25(30)27(34-8)26(31)19(5)11-17(3)21(29)14-23(35-15-28)18(4)12-20-9-10-22(32-6)24(13-20)33-7/h11,15-18,20,22-24,26-27,31H,9-10,12-14H2,1-8H3/b19-11+. The molecule has 0 amide bonds. The summed E-state index contributed by atoms with van der Waals surface area (Å²) >= 11 is 0. The van der Waals surface area contributed by atoms with Crippen LogP contribution in [-0.4, -0.2) is 75.0 Å². The van der Waals surface area contributed by atoms with Gasteiger partial charge < -0.3 is 24.1 Å². The van der Waals surface area contributed by atoms with Crippen molar-refractivity contribution >= 4 is 18.0 Å². The maximum Gasteiger partial charge on any atom is 0.293 e. The van der Waals surface area contributed by atoms with Gasteiger partial charge in [-0.2, -0.15) is 0 Å². The number of carbonyl (C=O) groups is 3. The lowest BCUT2D eigenvalue weighted by Crippen LogP contribution is -2.39. The summed E-state index contributed by atoms with van der Waals surface area (Å²) < 4.78 is 21.7. The number of carbonyl (C=O) groups excluding carboxylic acids is 3. The largest absolute Gasteiger partial charge is 0.464 e. The van der Waals surface area contributed by atoms with Crippen molar-refractivity contribution in [1.82, 2.24) is 0 Å². The Bertz CT molecular complexity index is 703. The van der Waals surface area contributed by atoms with Gasteiger partial charge in [-0.15, -0.1) is 0 Å². The summed E-state index contributed by atoms with van der Waals surface area (Å²) in [4.78, 5) is 36.5. The Hall–Kier alpha value is -1.61. The second-order valence-electron chi connectivity index (χ2n) is 10.2. The van der Waals surface area contributed by atoms with Crippen molar-refractivity contribution in [3.05, 3.63) is 11.6 Å². The highest BCUT2D eigenvalue weighted by Crippen LogP contribution is 2.34. The Kier molecular flexibility index (Phi) is 13.9. The van der Waals surface area contributed by atoms with Crippen LogP contribution in [0, 0.1) is 23.7 Å². The molecule has 1 rings (SSSR count). The second kappa shape index (κ2) is 15.5. The van der Waals surface area contributed by atoms with E-state index >= 15 is 0 Å². The molecule has 0 saturated heterocycles. The molecule has 35 heavy (non-hydrogen) atoms. The van der Waals surface area contributed by atoms with Crippen molar-refractivity contribution in [2.45, 2.75) is 97.2 Å². The molecule has 8 heteroatoms. The molecule has 0 spiro atoms. The molecular weight excluding hydrogens is 452 g/mol. The minimum atomic E-state index is -1.14. The monoisotopic (exact) mass is 498 g/mol. The molecule has 8 unspecified atom stereocenters. The maximum absolute atomic E-state index is 13.0. The normalized spacial score (nSPS) is 25.4. The molecule has 0 radical (unpaired) electrons. The molecule has 1 aliphatic rings. The highest BCUT2D eigenvalue weighted by Gasteiger charge is 2.34. The van der Waals surface area contributed by atoms with Gasteiger partial charge in [-0.05, 0) is 50.0 Å². The lowest BCUT2D eigenvalue weighted by molar-refractivity contribution is -0.139. The number of hydrogen-bond donors (Lipinski definition) is 1. The van der Waals surface area contributed by atoms with Gasteiger partial charge in [0.15, 0.2) is 5.78 Å². The molecule has 8 atom stereocenters. The van der Waals surface area contributed by atoms with E-state index in [1.54, 1.807) is 48.0 Å². The first-order chi connectivity index (χ1) is 16.5. The van der Waals surface area contributed by atoms with Gasteiger partial charge in [0.25, 0.3) is 6.47 Å². The van der Waals surface area contributed by atoms with Gasteiger partial charge in [0.2, 0.25) is 0 Å². The zero-order valence-electron chi connectivity index (χ0n) is 22.7. The second-order valence-corrected chi connectivity index (χ2v) is 10.2. The molecule has 0 aromatic heterocycles. The zero-order chi connectivity index (χ0) is 26.7. The van der Waals surface area contributed by atoms with Crippen LogP contribution >= 0.6 is 0 Å². The third-order valence-corrected chi connectivity index (χ3v) is 7.30. The molecule has 0 heterocycles. The molecule has 1 fully saturated rings. The zero-order valence-corrected chi connectivity index (χ0v) is 22.7. The van der Waals surface area contributed by atoms with Crippen molar-refractivity contribution in [3.8, 4) is 0 Å². The molecule has 1 aliphatic carbocycles. The van der Waals surface area contributed by atoms with E-state index in [2.05, 4.69) is 0 Å². The number of allylic oxidation sites excluding steroid dienone is 1. The van der Waals surface area contributed by atoms with Gasteiger partial charge in [0.05, 0.1) is 12.2 Å². The van der Waals surface area contributed by atoms with E-state index in [9.17, 15) is 19.5 Å². The predicted molar refractivity (Wildman–Crippen MR) is 133 cm³/mol. The Morgan fingerprint density at radius 1 is 1.03 bits per heavy atom. The van der Waals surface area contributed by atoms with E-state index in [1.807, 2.05) is 6.92 Å². The number of ether oxygens (including phenoxy) is 4. The smallest absolute Gasteiger partial charge is 0.293 e. The topological polar surface area (TPSA) is 108 Å². The van der Waals surface area contributed by atoms with E-state index < -0.39 is 24.2 Å². The van der Waals surface area contributed by atoms with Crippen LogP contribution in [0.3, 0.4) is 0 Å². The number of Topliss-reactive ketones (excluding diaryl/α,β-unsaturated/α-hetero) is 2. The average molecular weight is 499 g/mol. The van der Waals surface area contributed by atoms with Crippen LogP contribution < -0.4 is 0 Å². The lowest BCUT2D eigenvalue weighted by atomic mass is 9.78. The summed E-state index contributed by atoms with van der Waals surface area (Å²) in [7, 11) is 4.78. The number of methoxy groups -OCH3 is 3. The lowest BCUT2D eigenvalue weighted by Gasteiger charge is -2.36. The molecule has 0 aliphatic heterocycles. The minimum absolute atomic E-state index is 0.00449. The summed E-state index contributed by atoms with van der Waals surface area (Å²) in [6.07, 6.45) is 2.81. The minimum Gasteiger partial charge on any atom is -0.464 e. The number of aliphatic hydroxyl groups excluding tert-OH is 1. The number of ketones is 2. The highest BCUT2D eigenvalue weighted by atomic mass is 16.5. The van der Waals surface area contributed by atoms with E-state index in [1.165, 1.54) is 7.11 Å². The molecule has 8 nitrogen and oxygen atoms in total. The molecule has 0 bridgehead atoms. The van der Waals surface area contributed by atoms with Crippen LogP contribution in [0.4, 0.5) is 0 Å². The fraction of sp³-hybridized carbons (Fsp3) is 0.815. The maximum atomic E-state index is 13.0. The van der Waals surface area contributed by atoms with Crippen LogP contribution in [0.25, 0.3) is 0 Å². The van der Waals surface area contributed by atoms with E-state index in [0.717, 1.165) is 25.7 Å². The summed E-state index contributed by atoms with van der Waals surface area (Å²) in [5.74, 6) is -0.708. The molecule has 202 valence electrons. The summed E-state index contributed by atoms with van der Waals surface area (Å²) in [5.41, 5.74) is 0.494. The van der Waals surface area contributed by atoms with Crippen molar-refractivity contribution in [2.24, 2.45) is 23.7 Å². The van der Waals surface area contributed by atoms with Gasteiger partial charge in [0, 0.05) is 39.6 Å². The van der Waals surface area contributed by atoms with Gasteiger partial charge in [0.1, 0.15) is 24.1 Å². The number of rotatable bonds is 16. The van der Waals surface area contributed by atoms with Crippen LogP contribution in [0.15, 0.2) is 11.6 Å². The van der Waals surface area contributed by atoms with Gasteiger partial charge in [-0.1, -0.05) is 33.8 Å². The van der Waals surface area contributed by atoms with Gasteiger partial charge in [-0.25, -0.2) is 0 Å². The fourth-order valence-electron chi connectivity index (χ4n) is 4.99. The van der Waals surface area contributed by atoms with Crippen LogP contribution in [-0.2, 0) is 33.3 Å². The fourth-order valence-corrected chi connectivity index (χ4v) is 4.99. The third-order valence-electron chi connectivity index (χ3n) is 7.30. The van der Waals surface area contributed by atoms with Crippen molar-refractivity contribution < 1.29 is 38.4 Å². The summed E-state index contributed by atoms with van der Waals surface area (Å²) in [5, 5.41) is 10.6. The Balaban J connectivity index is 2.80. The molecule has 1 saturated carbocycles. The Morgan fingerprint density at radius 3 is 2.17 bits per heavy atom. The van der Waals surface area contributed by atoms with E-state index in [4.69, 9.17) is 18.9 Å². The van der Waals surface area contributed by atoms with Crippen molar-refractivity contribution in [1.29, 1.82) is 0 Å². The van der Waals surface area contributed by atoms with Crippen molar-refractivity contribution in [3.63, 3.8) is 0 Å². The third kappa shape index (κ3) is 9.41. The van der Waals surface area contributed by atoms with Gasteiger partial charge >= 0.3 is 0 Å². The SMILES string of the molecule is COC1CCC(CC(C)C(CC(=O)C(C)/C=C(\C)C(O)C(OC)C(=O)C(C)C)OC=O)CC1OC. The average Bonchev–Trinajstić information content (AvgIpc) is 2.83. The van der Waals surface area contributed by atoms with Crippen LogP contribution in [0.2, 0.25) is 0 Å². The number of hydrogen-bond acceptors (Lipinski definition) is 8. The molecule has 1 N–H and O–H groups in total. The van der Waals surface area contributed by atoms with E-state index in [0.29, 0.717) is 18.0 Å². The quantitative estimate of drug-likeness (QED) is 0.254. The number of aliphatic hydroxyl groups is 1. The summed E-state index contributed by atoms with van der Waals surface area (Å²) in [6, 6.07) is 0. The first kappa shape index (κ1) is 31.4. The Labute approximate surface area is 210 Å². The van der Waals surface area contributed by atoms with Crippen LogP contribution in [0.5, 0.6) is 0 Å². The van der Waals surface area contributed by atoms with Crippen molar-refractivity contribution in [2.75, 3.05) is 21.3 Å². The highest BCUT2D eigenvalue weighted by molar-refractivity contribution is 5.86. The first-order valence-electron chi connectivity index (χ1n) is 12.6. The van der Waals surface area contributed by atoms with Gasteiger partial charge in [-0.3, -0.25) is 14.4 Å². The molecule has 0 aromatic rings. The predicted octanol–water partition coefficient (Wildman–Crippen LogP) is 3.53.